The summed E-state index contributed by atoms with van der Waals surface area (Å²) in [7, 11) is 0. The normalized spacial score (nSPS) is 16.3. The highest BCUT2D eigenvalue weighted by Gasteiger charge is 2.25. The van der Waals surface area contributed by atoms with Gasteiger partial charge in [0, 0.05) is 5.56 Å². The summed E-state index contributed by atoms with van der Waals surface area (Å²) in [5, 5.41) is 11.8. The molecule has 0 spiro atoms. The van der Waals surface area contributed by atoms with Crippen molar-refractivity contribution in [2.75, 3.05) is 23.3 Å². The second kappa shape index (κ2) is 6.56. The Bertz CT molecular complexity index is 789. The first-order chi connectivity index (χ1) is 11.4. The second-order valence-electron chi connectivity index (χ2n) is 5.72. The molecule has 24 heavy (non-hydrogen) atoms. The van der Waals surface area contributed by atoms with Gasteiger partial charge in [0.1, 0.15) is 16.9 Å². The summed E-state index contributed by atoms with van der Waals surface area (Å²) in [6.45, 7) is 6.01. The number of nitrogens with one attached hydrogen (secondary N) is 1. The number of rotatable bonds is 4. The van der Waals surface area contributed by atoms with Crippen molar-refractivity contribution in [2.45, 2.75) is 26.9 Å². The number of Topliss-reactive ketones (excluding diaryl/α,β-unsaturated/α-hetero) is 1. The zero-order valence-corrected chi connectivity index (χ0v) is 14.5. The van der Waals surface area contributed by atoms with E-state index in [0.29, 0.717) is 23.0 Å². The Balaban J connectivity index is 1.79. The van der Waals surface area contributed by atoms with Gasteiger partial charge in [0.15, 0.2) is 5.78 Å². The van der Waals surface area contributed by atoms with E-state index in [1.54, 1.807) is 18.2 Å². The van der Waals surface area contributed by atoms with E-state index in [1.165, 1.54) is 18.3 Å². The second-order valence-corrected chi connectivity index (χ2v) is 6.90. The lowest BCUT2D eigenvalue weighted by Gasteiger charge is -2.34. The van der Waals surface area contributed by atoms with Crippen molar-refractivity contribution in [3.63, 3.8) is 0 Å². The molecule has 1 amide bonds. The molecular weight excluding hydrogens is 328 g/mol. The van der Waals surface area contributed by atoms with E-state index in [1.807, 2.05) is 18.7 Å². The predicted molar refractivity (Wildman–Crippen MR) is 92.0 cm³/mol. The van der Waals surface area contributed by atoms with Crippen LogP contribution in [-0.4, -0.2) is 41.1 Å². The van der Waals surface area contributed by atoms with Crippen LogP contribution in [0.2, 0.25) is 0 Å². The fourth-order valence-electron chi connectivity index (χ4n) is 2.57. The van der Waals surface area contributed by atoms with Gasteiger partial charge in [-0.3, -0.25) is 14.9 Å². The summed E-state index contributed by atoms with van der Waals surface area (Å²) in [5.74, 6) is 0.475. The zero-order chi connectivity index (χ0) is 17.3. The number of carbonyl (C=O) groups excluding carboxylic acids is 2. The molecule has 1 aromatic carbocycles. The van der Waals surface area contributed by atoms with E-state index in [9.17, 15) is 9.59 Å². The van der Waals surface area contributed by atoms with Gasteiger partial charge < -0.3 is 9.64 Å². The first-order valence-corrected chi connectivity index (χ1v) is 8.40. The highest BCUT2D eigenvalue weighted by atomic mass is 32.1. The number of benzene rings is 1. The van der Waals surface area contributed by atoms with Crippen LogP contribution in [-0.2, 0) is 4.79 Å². The lowest BCUT2D eigenvalue weighted by Crippen LogP contribution is -2.42. The Morgan fingerprint density at radius 1 is 1.42 bits per heavy atom. The third kappa shape index (κ3) is 3.53. The van der Waals surface area contributed by atoms with Crippen molar-refractivity contribution in [1.82, 2.24) is 10.2 Å². The molecule has 7 nitrogen and oxygen atoms in total. The number of aromatic nitrogens is 2. The Morgan fingerprint density at radius 2 is 2.21 bits per heavy atom. The maximum Gasteiger partial charge on any atom is 0.245 e. The fourth-order valence-corrected chi connectivity index (χ4v) is 3.18. The van der Waals surface area contributed by atoms with Crippen LogP contribution in [0.3, 0.4) is 0 Å². The molecule has 1 N–H and O–H groups in total. The van der Waals surface area contributed by atoms with E-state index in [4.69, 9.17) is 4.74 Å². The molecule has 2 aromatic rings. The molecule has 1 aromatic heterocycles. The van der Waals surface area contributed by atoms with Gasteiger partial charge in [-0.05, 0) is 39.0 Å². The van der Waals surface area contributed by atoms with Crippen LogP contribution in [0, 0.1) is 6.92 Å². The van der Waals surface area contributed by atoms with Gasteiger partial charge in [0.25, 0.3) is 0 Å². The van der Waals surface area contributed by atoms with E-state index >= 15 is 0 Å². The Kier molecular flexibility index (Phi) is 4.48. The summed E-state index contributed by atoms with van der Waals surface area (Å²) in [6.07, 6.45) is -0.0442. The fraction of sp³-hybridized carbons (Fsp3) is 0.375. The van der Waals surface area contributed by atoms with Crippen LogP contribution < -0.4 is 15.0 Å². The molecular formula is C16H18N4O3S. The van der Waals surface area contributed by atoms with Crippen LogP contribution in [0.15, 0.2) is 18.2 Å². The quantitative estimate of drug-likeness (QED) is 0.855. The number of carbonyl (C=O) groups is 2. The van der Waals surface area contributed by atoms with Gasteiger partial charge in [-0.2, -0.15) is 0 Å². The highest BCUT2D eigenvalue weighted by Crippen LogP contribution is 2.34. The maximum atomic E-state index is 12.3. The summed E-state index contributed by atoms with van der Waals surface area (Å²) in [6, 6.07) is 5.29. The number of hydrogen-bond donors (Lipinski definition) is 1. The molecule has 2 heterocycles. The summed E-state index contributed by atoms with van der Waals surface area (Å²) < 4.78 is 5.79. The lowest BCUT2D eigenvalue weighted by atomic mass is 10.1. The molecule has 0 fully saturated rings. The number of anilines is 2. The molecule has 0 bridgehead atoms. The standard InChI is InChI=1S/C16H18N4O3S/c1-9-7-20(8-15(22)17-16-19-18-11(3)24-16)13-6-12(10(2)21)4-5-14(13)23-9/h4-6,9H,7-8H2,1-3H3,(H,17,19,22). The van der Waals surface area contributed by atoms with Gasteiger partial charge in [0.05, 0.1) is 18.8 Å². The van der Waals surface area contributed by atoms with E-state index < -0.39 is 0 Å². The molecule has 1 atom stereocenters. The average molecular weight is 346 g/mol. The number of aryl methyl sites for hydroxylation is 1. The van der Waals surface area contributed by atoms with Gasteiger partial charge in [-0.15, -0.1) is 10.2 Å². The molecule has 1 aliphatic heterocycles. The maximum absolute atomic E-state index is 12.3. The number of fused-ring (bicyclic) bond motifs is 1. The number of nitrogens with zero attached hydrogens (tertiary/aromatic N) is 3. The summed E-state index contributed by atoms with van der Waals surface area (Å²) >= 11 is 1.33. The summed E-state index contributed by atoms with van der Waals surface area (Å²) in [4.78, 5) is 25.8. The number of ether oxygens (including phenoxy) is 1. The van der Waals surface area contributed by atoms with Crippen LogP contribution in [0.4, 0.5) is 10.8 Å². The van der Waals surface area contributed by atoms with E-state index in [-0.39, 0.29) is 24.3 Å². The minimum absolute atomic E-state index is 0.0230. The van der Waals surface area contributed by atoms with Crippen LogP contribution in [0.25, 0.3) is 0 Å². The van der Waals surface area contributed by atoms with Gasteiger partial charge >= 0.3 is 0 Å². The number of ketones is 1. The zero-order valence-electron chi connectivity index (χ0n) is 13.7. The van der Waals surface area contributed by atoms with Crippen LogP contribution >= 0.6 is 11.3 Å². The van der Waals surface area contributed by atoms with Gasteiger partial charge in [0.2, 0.25) is 11.0 Å². The van der Waals surface area contributed by atoms with Crippen molar-refractivity contribution in [3.05, 3.63) is 28.8 Å². The third-order valence-electron chi connectivity index (χ3n) is 3.62. The molecule has 1 aliphatic rings. The van der Waals surface area contributed by atoms with Crippen molar-refractivity contribution in [3.8, 4) is 5.75 Å². The number of hydrogen-bond acceptors (Lipinski definition) is 7. The molecule has 3 rings (SSSR count). The molecule has 0 saturated heterocycles. The Morgan fingerprint density at radius 3 is 2.88 bits per heavy atom. The minimum atomic E-state index is -0.181. The lowest BCUT2D eigenvalue weighted by molar-refractivity contribution is -0.115. The first kappa shape index (κ1) is 16.4. The van der Waals surface area contributed by atoms with Gasteiger partial charge in [-0.25, -0.2) is 0 Å². The van der Waals surface area contributed by atoms with E-state index in [2.05, 4.69) is 15.5 Å². The SMILES string of the molecule is CC(=O)c1ccc2c(c1)N(CC(=O)Nc1nnc(C)s1)CC(C)O2. The van der Waals surface area contributed by atoms with Crippen molar-refractivity contribution in [2.24, 2.45) is 0 Å². The molecule has 0 saturated carbocycles. The third-order valence-corrected chi connectivity index (χ3v) is 4.37. The number of amides is 1. The van der Waals surface area contributed by atoms with Crippen LogP contribution in [0.5, 0.6) is 5.75 Å². The average Bonchev–Trinajstić information content (AvgIpc) is 2.91. The molecule has 1 unspecified atom stereocenters. The molecule has 8 heteroatoms. The smallest absolute Gasteiger partial charge is 0.245 e. The van der Waals surface area contributed by atoms with Crippen LogP contribution in [0.1, 0.15) is 29.2 Å². The van der Waals surface area contributed by atoms with Gasteiger partial charge in [-0.1, -0.05) is 11.3 Å². The molecule has 126 valence electrons. The van der Waals surface area contributed by atoms with E-state index in [0.717, 1.165) is 10.7 Å². The first-order valence-electron chi connectivity index (χ1n) is 7.59. The van der Waals surface area contributed by atoms with Crippen molar-refractivity contribution >= 4 is 33.8 Å². The minimum Gasteiger partial charge on any atom is -0.487 e. The Labute approximate surface area is 143 Å². The monoisotopic (exact) mass is 346 g/mol. The Hall–Kier alpha value is -2.48. The molecule has 0 radical (unpaired) electrons. The molecule has 0 aliphatic carbocycles. The van der Waals surface area contributed by atoms with Crippen molar-refractivity contribution in [1.29, 1.82) is 0 Å². The predicted octanol–water partition coefficient (Wildman–Crippen LogP) is 2.28. The topological polar surface area (TPSA) is 84.4 Å². The highest BCUT2D eigenvalue weighted by molar-refractivity contribution is 7.15. The summed E-state index contributed by atoms with van der Waals surface area (Å²) in [5.41, 5.74) is 1.35. The largest absolute Gasteiger partial charge is 0.487 e. The van der Waals surface area contributed by atoms with Crippen molar-refractivity contribution < 1.29 is 14.3 Å².